The van der Waals surface area contributed by atoms with Gasteiger partial charge in [-0.15, -0.1) is 11.3 Å². The maximum Gasteiger partial charge on any atom is 0.433 e. The first-order chi connectivity index (χ1) is 18.9. The van der Waals surface area contributed by atoms with Gasteiger partial charge in [-0.3, -0.25) is 9.59 Å². The Morgan fingerprint density at radius 1 is 1.10 bits per heavy atom. The largest absolute Gasteiger partial charge is 0.493 e. The Kier molecular flexibility index (Phi) is 7.82. The molecule has 0 radical (unpaired) electrons. The van der Waals surface area contributed by atoms with Crippen LogP contribution in [-0.2, 0) is 10.9 Å². The molecular formula is C26H23F3N4O6S. The average Bonchev–Trinajstić information content (AvgIpc) is 3.48. The molecule has 0 aliphatic carbocycles. The molecule has 0 fully saturated rings. The third-order valence-electron chi connectivity index (χ3n) is 5.86. The molecule has 3 aromatic heterocycles. The smallest absolute Gasteiger partial charge is 0.433 e. The van der Waals surface area contributed by atoms with E-state index < -0.39 is 23.7 Å². The summed E-state index contributed by atoms with van der Waals surface area (Å²) in [6.07, 6.45) is -3.90. The predicted molar refractivity (Wildman–Crippen MR) is 139 cm³/mol. The second-order valence-electron chi connectivity index (χ2n) is 8.38. The lowest BCUT2D eigenvalue weighted by molar-refractivity contribution is -0.142. The lowest BCUT2D eigenvalue weighted by Crippen LogP contribution is -2.17. The number of fused-ring (bicyclic) bond motifs is 1. The molecule has 0 atom stereocenters. The average molecular weight is 577 g/mol. The highest BCUT2D eigenvalue weighted by molar-refractivity contribution is 7.18. The zero-order valence-electron chi connectivity index (χ0n) is 21.9. The second-order valence-corrected chi connectivity index (χ2v) is 9.40. The number of hydrogen-bond acceptors (Lipinski definition) is 9. The summed E-state index contributed by atoms with van der Waals surface area (Å²) in [4.78, 5) is 42.6. The molecule has 0 saturated heterocycles. The number of nitrogens with zero attached hydrogens (tertiary/aromatic N) is 3. The second kappa shape index (κ2) is 11.0. The van der Waals surface area contributed by atoms with Gasteiger partial charge in [0, 0.05) is 5.56 Å². The number of esters is 1. The first-order valence-corrected chi connectivity index (χ1v) is 12.5. The van der Waals surface area contributed by atoms with Crippen molar-refractivity contribution >= 4 is 39.6 Å². The molecule has 0 aliphatic rings. The molecule has 1 N–H and O–H groups in total. The number of carbonyl (C=O) groups excluding carboxylic acids is 3. The van der Waals surface area contributed by atoms with Crippen LogP contribution >= 0.6 is 11.3 Å². The van der Waals surface area contributed by atoms with E-state index in [1.54, 1.807) is 6.92 Å². The van der Waals surface area contributed by atoms with Gasteiger partial charge in [0.1, 0.15) is 10.6 Å². The summed E-state index contributed by atoms with van der Waals surface area (Å²) in [6, 6.07) is 5.28. The van der Waals surface area contributed by atoms with Gasteiger partial charge in [0.15, 0.2) is 28.6 Å². The van der Waals surface area contributed by atoms with Crippen molar-refractivity contribution in [3.05, 3.63) is 57.7 Å². The molecule has 0 bridgehead atoms. The zero-order chi connectivity index (χ0) is 29.4. The van der Waals surface area contributed by atoms with E-state index in [0.29, 0.717) is 15.8 Å². The first kappa shape index (κ1) is 28.5. The van der Waals surface area contributed by atoms with Crippen molar-refractivity contribution in [2.45, 2.75) is 26.9 Å². The highest BCUT2D eigenvalue weighted by Crippen LogP contribution is 2.37. The molecule has 0 unspecified atom stereocenters. The summed E-state index contributed by atoms with van der Waals surface area (Å²) in [5, 5.41) is 6.31. The van der Waals surface area contributed by atoms with Gasteiger partial charge in [-0.25, -0.2) is 14.3 Å². The van der Waals surface area contributed by atoms with Crippen LogP contribution in [0, 0.1) is 6.92 Å². The highest BCUT2D eigenvalue weighted by atomic mass is 32.1. The summed E-state index contributed by atoms with van der Waals surface area (Å²) in [5.41, 5.74) is -1.38. The number of ketones is 1. The van der Waals surface area contributed by atoms with E-state index in [-0.39, 0.29) is 56.0 Å². The lowest BCUT2D eigenvalue weighted by atomic mass is 10.1. The molecule has 4 aromatic rings. The fourth-order valence-corrected chi connectivity index (χ4v) is 5.11. The van der Waals surface area contributed by atoms with Gasteiger partial charge in [0.25, 0.3) is 5.91 Å². The van der Waals surface area contributed by atoms with Crippen LogP contribution in [0.15, 0.2) is 30.5 Å². The number of thiophene rings is 1. The molecule has 1 amide bonds. The molecule has 40 heavy (non-hydrogen) atoms. The molecule has 1 aromatic carbocycles. The van der Waals surface area contributed by atoms with Crippen LogP contribution in [0.25, 0.3) is 16.9 Å². The molecule has 0 aliphatic heterocycles. The summed E-state index contributed by atoms with van der Waals surface area (Å²) in [7, 11) is 2.80. The quantitative estimate of drug-likeness (QED) is 0.218. The number of anilines is 1. The fraction of sp³-hybridized carbons (Fsp3) is 0.269. The van der Waals surface area contributed by atoms with Crippen molar-refractivity contribution in [3.63, 3.8) is 0 Å². The molecule has 0 spiro atoms. The van der Waals surface area contributed by atoms with Crippen molar-refractivity contribution in [1.82, 2.24) is 14.6 Å². The SMILES string of the molecule is CCOC(=O)c1c(NC(=O)c2cnn3c(C(F)(F)F)cc(-c4ccc(OC)c(OC)c4)nc23)sc(C(C)=O)c1C. The van der Waals surface area contributed by atoms with Gasteiger partial charge in [0.05, 0.1) is 43.2 Å². The standard InChI is InChI=1S/C26H23F3N4O6S/c1-6-39-25(36)20-12(2)21(13(3)34)40-24(20)32-23(35)15-11-30-33-19(26(27,28)29)10-16(31-22(15)33)14-7-8-17(37-4)18(9-14)38-5/h7-11H,6H2,1-5H3,(H,32,35). The van der Waals surface area contributed by atoms with E-state index >= 15 is 0 Å². The van der Waals surface area contributed by atoms with E-state index in [0.717, 1.165) is 23.6 Å². The van der Waals surface area contributed by atoms with Crippen LogP contribution < -0.4 is 14.8 Å². The number of hydrogen-bond donors (Lipinski definition) is 1. The van der Waals surface area contributed by atoms with Gasteiger partial charge in [-0.1, -0.05) is 0 Å². The number of carbonyl (C=O) groups is 3. The summed E-state index contributed by atoms with van der Waals surface area (Å²) < 4.78 is 58.2. The third-order valence-corrected chi connectivity index (χ3v) is 7.17. The van der Waals surface area contributed by atoms with Crippen molar-refractivity contribution < 1.29 is 41.8 Å². The van der Waals surface area contributed by atoms with Crippen molar-refractivity contribution in [1.29, 1.82) is 0 Å². The Bertz CT molecular complexity index is 1640. The number of nitrogens with one attached hydrogen (secondary N) is 1. The highest BCUT2D eigenvalue weighted by Gasteiger charge is 2.36. The summed E-state index contributed by atoms with van der Waals surface area (Å²) in [6.45, 7) is 4.50. The Morgan fingerprint density at radius 3 is 2.40 bits per heavy atom. The normalized spacial score (nSPS) is 11.4. The summed E-state index contributed by atoms with van der Waals surface area (Å²) >= 11 is 0.859. The Labute approximate surface area is 229 Å². The van der Waals surface area contributed by atoms with Crippen molar-refractivity contribution in [2.75, 3.05) is 26.1 Å². The van der Waals surface area contributed by atoms with Crippen LogP contribution in [0.3, 0.4) is 0 Å². The van der Waals surface area contributed by atoms with Gasteiger partial charge < -0.3 is 19.5 Å². The third kappa shape index (κ3) is 5.21. The van der Waals surface area contributed by atoms with Gasteiger partial charge >= 0.3 is 12.1 Å². The number of methoxy groups -OCH3 is 2. The Morgan fingerprint density at radius 2 is 1.80 bits per heavy atom. The molecule has 210 valence electrons. The predicted octanol–water partition coefficient (Wildman–Crippen LogP) is 5.43. The van der Waals surface area contributed by atoms with Crippen LogP contribution in [0.5, 0.6) is 11.5 Å². The minimum absolute atomic E-state index is 0.0117. The van der Waals surface area contributed by atoms with Crippen LogP contribution in [0.2, 0.25) is 0 Å². The fourth-order valence-electron chi connectivity index (χ4n) is 4.03. The number of alkyl halides is 3. The van der Waals surface area contributed by atoms with Gasteiger partial charge in [0.2, 0.25) is 0 Å². The first-order valence-electron chi connectivity index (χ1n) is 11.7. The van der Waals surface area contributed by atoms with E-state index in [1.165, 1.54) is 46.3 Å². The molecule has 0 saturated carbocycles. The van der Waals surface area contributed by atoms with Crippen LogP contribution in [-0.4, -0.2) is 53.1 Å². The van der Waals surface area contributed by atoms with Gasteiger partial charge in [-0.2, -0.15) is 18.3 Å². The van der Waals surface area contributed by atoms with E-state index in [2.05, 4.69) is 15.4 Å². The van der Waals surface area contributed by atoms with Crippen LogP contribution in [0.4, 0.5) is 18.2 Å². The Hall–Kier alpha value is -4.46. The van der Waals surface area contributed by atoms with Crippen LogP contribution in [0.1, 0.15) is 55.5 Å². The number of benzene rings is 1. The topological polar surface area (TPSA) is 121 Å². The summed E-state index contributed by atoms with van der Waals surface area (Å²) in [5.74, 6) is -1.35. The molecule has 4 rings (SSSR count). The Balaban J connectivity index is 1.85. The lowest BCUT2D eigenvalue weighted by Gasteiger charge is -2.13. The molecule has 3 heterocycles. The minimum atomic E-state index is -4.84. The van der Waals surface area contributed by atoms with Crippen molar-refractivity contribution in [2.24, 2.45) is 0 Å². The van der Waals surface area contributed by atoms with Crippen molar-refractivity contribution in [3.8, 4) is 22.8 Å². The minimum Gasteiger partial charge on any atom is -0.493 e. The van der Waals surface area contributed by atoms with E-state index in [1.807, 2.05) is 0 Å². The molecular weight excluding hydrogens is 553 g/mol. The number of Topliss-reactive ketones (excluding diaryl/α,β-unsaturated/α-hetero) is 1. The van der Waals surface area contributed by atoms with E-state index in [9.17, 15) is 27.6 Å². The zero-order valence-corrected chi connectivity index (χ0v) is 22.7. The number of amides is 1. The monoisotopic (exact) mass is 576 g/mol. The molecule has 14 heteroatoms. The maximum atomic E-state index is 14.1. The van der Waals surface area contributed by atoms with E-state index in [4.69, 9.17) is 14.2 Å². The number of ether oxygens (including phenoxy) is 3. The number of halogens is 3. The maximum absolute atomic E-state index is 14.1. The van der Waals surface area contributed by atoms with Gasteiger partial charge in [-0.05, 0) is 50.6 Å². The molecule has 10 nitrogen and oxygen atoms in total. The number of rotatable bonds is 8. The number of aromatic nitrogens is 3.